The fourth-order valence-electron chi connectivity index (χ4n) is 1.88. The van der Waals surface area contributed by atoms with Gasteiger partial charge in [-0.1, -0.05) is 6.92 Å². The summed E-state index contributed by atoms with van der Waals surface area (Å²) < 4.78 is 11.0. The van der Waals surface area contributed by atoms with Gasteiger partial charge in [0, 0.05) is 0 Å². The standard InChI is InChI=1S/C13H16O3/c1-4-13(2)8-11(14)10-7-9(15-3)5-6-12(10)16-13/h5-7H,4,8H2,1-3H3. The first-order valence-electron chi connectivity index (χ1n) is 5.48. The molecule has 1 unspecified atom stereocenters. The number of methoxy groups -OCH3 is 1. The van der Waals surface area contributed by atoms with Crippen LogP contribution in [0.3, 0.4) is 0 Å². The van der Waals surface area contributed by atoms with E-state index in [9.17, 15) is 4.79 Å². The second kappa shape index (κ2) is 3.81. The van der Waals surface area contributed by atoms with Gasteiger partial charge >= 0.3 is 0 Å². The van der Waals surface area contributed by atoms with E-state index in [-0.39, 0.29) is 11.4 Å². The topological polar surface area (TPSA) is 35.5 Å². The van der Waals surface area contributed by atoms with Gasteiger partial charge in [0.25, 0.3) is 0 Å². The van der Waals surface area contributed by atoms with E-state index in [1.807, 2.05) is 19.9 Å². The predicted molar refractivity (Wildman–Crippen MR) is 61.3 cm³/mol. The third-order valence-electron chi connectivity index (χ3n) is 3.13. The maximum atomic E-state index is 12.0. The molecule has 0 aliphatic carbocycles. The first kappa shape index (κ1) is 11.0. The number of rotatable bonds is 2. The van der Waals surface area contributed by atoms with Gasteiger partial charge in [0.1, 0.15) is 17.1 Å². The van der Waals surface area contributed by atoms with E-state index in [0.717, 1.165) is 6.42 Å². The maximum absolute atomic E-state index is 12.0. The molecule has 0 bridgehead atoms. The van der Waals surface area contributed by atoms with Gasteiger partial charge in [0.05, 0.1) is 19.1 Å². The number of fused-ring (bicyclic) bond motifs is 1. The monoisotopic (exact) mass is 220 g/mol. The summed E-state index contributed by atoms with van der Waals surface area (Å²) in [7, 11) is 1.59. The minimum absolute atomic E-state index is 0.129. The average Bonchev–Trinajstić information content (AvgIpc) is 2.28. The number of Topliss-reactive ketones (excluding diaryl/α,β-unsaturated/α-hetero) is 1. The van der Waals surface area contributed by atoms with Crippen molar-refractivity contribution in [3.05, 3.63) is 23.8 Å². The van der Waals surface area contributed by atoms with Crippen LogP contribution in [0.25, 0.3) is 0 Å². The molecule has 1 aromatic rings. The van der Waals surface area contributed by atoms with Crippen LogP contribution >= 0.6 is 0 Å². The van der Waals surface area contributed by atoms with Gasteiger partial charge < -0.3 is 9.47 Å². The number of hydrogen-bond donors (Lipinski definition) is 0. The summed E-state index contributed by atoms with van der Waals surface area (Å²) in [5.74, 6) is 1.49. The molecule has 0 amide bonds. The summed E-state index contributed by atoms with van der Waals surface area (Å²) in [4.78, 5) is 12.0. The highest BCUT2D eigenvalue weighted by molar-refractivity contribution is 6.00. The third kappa shape index (κ3) is 1.77. The van der Waals surface area contributed by atoms with Gasteiger partial charge in [0.15, 0.2) is 5.78 Å². The molecule has 0 radical (unpaired) electrons. The molecule has 0 N–H and O–H groups in total. The minimum atomic E-state index is -0.362. The van der Waals surface area contributed by atoms with Crippen LogP contribution in [-0.2, 0) is 0 Å². The van der Waals surface area contributed by atoms with E-state index in [2.05, 4.69) is 0 Å². The molecule has 0 saturated carbocycles. The Morgan fingerprint density at radius 3 is 2.88 bits per heavy atom. The van der Waals surface area contributed by atoms with Crippen molar-refractivity contribution in [1.82, 2.24) is 0 Å². The third-order valence-corrected chi connectivity index (χ3v) is 3.13. The molecular weight excluding hydrogens is 204 g/mol. The molecule has 1 aliphatic rings. The van der Waals surface area contributed by atoms with Gasteiger partial charge in [-0.15, -0.1) is 0 Å². The van der Waals surface area contributed by atoms with Crippen LogP contribution < -0.4 is 9.47 Å². The zero-order valence-electron chi connectivity index (χ0n) is 9.87. The van der Waals surface area contributed by atoms with Crippen molar-refractivity contribution in [2.24, 2.45) is 0 Å². The first-order valence-corrected chi connectivity index (χ1v) is 5.48. The Bertz CT molecular complexity index is 425. The second-order valence-corrected chi connectivity index (χ2v) is 4.37. The van der Waals surface area contributed by atoms with Crippen LogP contribution in [0.1, 0.15) is 37.0 Å². The molecule has 3 nitrogen and oxygen atoms in total. The number of carbonyl (C=O) groups is 1. The van der Waals surface area contributed by atoms with E-state index in [1.54, 1.807) is 19.2 Å². The average molecular weight is 220 g/mol. The van der Waals surface area contributed by atoms with Crippen molar-refractivity contribution >= 4 is 5.78 Å². The lowest BCUT2D eigenvalue weighted by molar-refractivity contribution is 0.0498. The van der Waals surface area contributed by atoms with Gasteiger partial charge in [-0.3, -0.25) is 4.79 Å². The summed E-state index contributed by atoms with van der Waals surface area (Å²) in [5, 5.41) is 0. The molecule has 1 aromatic carbocycles. The molecule has 2 rings (SSSR count). The van der Waals surface area contributed by atoms with Crippen molar-refractivity contribution in [2.75, 3.05) is 7.11 Å². The molecule has 1 heterocycles. The van der Waals surface area contributed by atoms with Crippen LogP contribution in [0, 0.1) is 0 Å². The van der Waals surface area contributed by atoms with Crippen LogP contribution in [0.15, 0.2) is 18.2 Å². The van der Waals surface area contributed by atoms with Crippen LogP contribution in [0.4, 0.5) is 0 Å². The van der Waals surface area contributed by atoms with E-state index >= 15 is 0 Å². The highest BCUT2D eigenvalue weighted by Gasteiger charge is 2.35. The fourth-order valence-corrected chi connectivity index (χ4v) is 1.88. The molecular formula is C13H16O3. The highest BCUT2D eigenvalue weighted by Crippen LogP contribution is 2.36. The van der Waals surface area contributed by atoms with Gasteiger partial charge in [0.2, 0.25) is 0 Å². The van der Waals surface area contributed by atoms with Gasteiger partial charge in [-0.25, -0.2) is 0 Å². The Balaban J connectivity index is 2.42. The SMILES string of the molecule is CCC1(C)CC(=O)c2cc(OC)ccc2O1. The quantitative estimate of drug-likeness (QED) is 0.768. The fraction of sp³-hybridized carbons (Fsp3) is 0.462. The van der Waals surface area contributed by atoms with Crippen LogP contribution in [-0.4, -0.2) is 18.5 Å². The Labute approximate surface area is 95.4 Å². The number of carbonyl (C=O) groups excluding carboxylic acids is 1. The summed E-state index contributed by atoms with van der Waals surface area (Å²) in [6.45, 7) is 4.00. The lowest BCUT2D eigenvalue weighted by atomic mass is 9.89. The molecule has 16 heavy (non-hydrogen) atoms. The van der Waals surface area contributed by atoms with Crippen molar-refractivity contribution in [3.8, 4) is 11.5 Å². The van der Waals surface area contributed by atoms with Gasteiger partial charge in [-0.2, -0.15) is 0 Å². The molecule has 3 heteroatoms. The Kier molecular flexibility index (Phi) is 2.62. The second-order valence-electron chi connectivity index (χ2n) is 4.37. The Hall–Kier alpha value is -1.51. The highest BCUT2D eigenvalue weighted by atomic mass is 16.5. The summed E-state index contributed by atoms with van der Waals surface area (Å²) >= 11 is 0. The van der Waals surface area contributed by atoms with Crippen LogP contribution in [0.5, 0.6) is 11.5 Å². The van der Waals surface area contributed by atoms with Crippen molar-refractivity contribution in [2.45, 2.75) is 32.3 Å². The summed E-state index contributed by atoms with van der Waals surface area (Å²) in [6.07, 6.45) is 1.26. The smallest absolute Gasteiger partial charge is 0.170 e. The molecule has 1 aliphatic heterocycles. The predicted octanol–water partition coefficient (Wildman–Crippen LogP) is 2.83. The van der Waals surface area contributed by atoms with Crippen molar-refractivity contribution in [1.29, 1.82) is 0 Å². The zero-order valence-corrected chi connectivity index (χ0v) is 9.87. The van der Waals surface area contributed by atoms with E-state index in [1.165, 1.54) is 0 Å². The maximum Gasteiger partial charge on any atom is 0.170 e. The lowest BCUT2D eigenvalue weighted by Gasteiger charge is -2.34. The number of ether oxygens (including phenoxy) is 2. The van der Waals surface area contributed by atoms with Gasteiger partial charge in [-0.05, 0) is 31.5 Å². The number of hydrogen-bond acceptors (Lipinski definition) is 3. The summed E-state index contributed by atoms with van der Waals surface area (Å²) in [5.41, 5.74) is 0.267. The molecule has 0 saturated heterocycles. The molecule has 0 spiro atoms. The zero-order chi connectivity index (χ0) is 11.8. The molecule has 0 fully saturated rings. The molecule has 1 atom stereocenters. The Morgan fingerprint density at radius 1 is 1.50 bits per heavy atom. The molecule has 86 valence electrons. The van der Waals surface area contributed by atoms with Crippen LogP contribution in [0.2, 0.25) is 0 Å². The van der Waals surface area contributed by atoms with E-state index in [0.29, 0.717) is 23.5 Å². The first-order chi connectivity index (χ1) is 7.58. The summed E-state index contributed by atoms with van der Waals surface area (Å²) in [6, 6.07) is 5.36. The Morgan fingerprint density at radius 2 is 2.25 bits per heavy atom. The lowest BCUT2D eigenvalue weighted by Crippen LogP contribution is -2.38. The van der Waals surface area contributed by atoms with E-state index < -0.39 is 0 Å². The number of benzene rings is 1. The minimum Gasteiger partial charge on any atom is -0.497 e. The largest absolute Gasteiger partial charge is 0.497 e. The van der Waals surface area contributed by atoms with Crippen molar-refractivity contribution in [3.63, 3.8) is 0 Å². The number of ketones is 1. The van der Waals surface area contributed by atoms with Crippen molar-refractivity contribution < 1.29 is 14.3 Å². The van der Waals surface area contributed by atoms with E-state index in [4.69, 9.17) is 9.47 Å². The molecule has 0 aromatic heterocycles. The normalized spacial score (nSPS) is 23.6.